The van der Waals surface area contributed by atoms with Crippen molar-refractivity contribution in [2.24, 2.45) is 0 Å². The fraction of sp³-hybridized carbons (Fsp3) is 0.158. The topological polar surface area (TPSA) is 94.5 Å². The summed E-state index contributed by atoms with van der Waals surface area (Å²) in [4.78, 5) is 20.8. The second kappa shape index (κ2) is 7.28. The number of imidazole rings is 1. The maximum absolute atomic E-state index is 12.3. The van der Waals surface area contributed by atoms with Crippen molar-refractivity contribution < 1.29 is 14.1 Å². The largest absolute Gasteiger partial charge is 0.485 e. The minimum absolute atomic E-state index is 0.174. The van der Waals surface area contributed by atoms with E-state index in [9.17, 15) is 4.79 Å². The lowest BCUT2D eigenvalue weighted by atomic mass is 10.2. The Kier molecular flexibility index (Phi) is 4.52. The van der Waals surface area contributed by atoms with Crippen LogP contribution in [0.25, 0.3) is 5.65 Å². The summed E-state index contributed by atoms with van der Waals surface area (Å²) in [5.74, 6) is 1.41. The van der Waals surface area contributed by atoms with Gasteiger partial charge in [-0.3, -0.25) is 4.79 Å². The molecule has 4 rings (SSSR count). The van der Waals surface area contributed by atoms with Gasteiger partial charge >= 0.3 is 0 Å². The van der Waals surface area contributed by atoms with Crippen molar-refractivity contribution in [3.63, 3.8) is 0 Å². The maximum Gasteiger partial charge on any atom is 0.251 e. The number of fused-ring (bicyclic) bond motifs is 1. The van der Waals surface area contributed by atoms with Gasteiger partial charge in [-0.25, -0.2) is 4.98 Å². The number of ether oxygens (including phenoxy) is 1. The third-order valence-corrected chi connectivity index (χ3v) is 3.90. The van der Waals surface area contributed by atoms with Crippen molar-refractivity contribution >= 4 is 11.6 Å². The minimum Gasteiger partial charge on any atom is -0.485 e. The first-order valence-electron chi connectivity index (χ1n) is 8.40. The number of aromatic nitrogens is 4. The first-order chi connectivity index (χ1) is 13.2. The van der Waals surface area contributed by atoms with Crippen molar-refractivity contribution in [1.82, 2.24) is 24.8 Å². The van der Waals surface area contributed by atoms with E-state index < -0.39 is 0 Å². The number of amides is 1. The van der Waals surface area contributed by atoms with Gasteiger partial charge in [0.15, 0.2) is 6.61 Å². The van der Waals surface area contributed by atoms with Crippen LogP contribution in [-0.2, 0) is 13.2 Å². The van der Waals surface area contributed by atoms with Crippen molar-refractivity contribution in [1.29, 1.82) is 0 Å². The SMILES string of the molecule is Cc1nc(COc2ccc(C(=O)NCc3cn4ccccc4n3)cc2)no1. The number of carbonyl (C=O) groups is 1. The van der Waals surface area contributed by atoms with Crippen molar-refractivity contribution in [2.45, 2.75) is 20.1 Å². The lowest BCUT2D eigenvalue weighted by molar-refractivity contribution is 0.0950. The number of nitrogens with zero attached hydrogens (tertiary/aromatic N) is 4. The molecule has 0 aliphatic rings. The summed E-state index contributed by atoms with van der Waals surface area (Å²) >= 11 is 0. The lowest BCUT2D eigenvalue weighted by Crippen LogP contribution is -2.22. The number of rotatable bonds is 6. The molecule has 0 fully saturated rings. The lowest BCUT2D eigenvalue weighted by Gasteiger charge is -2.06. The van der Waals surface area contributed by atoms with Gasteiger partial charge in [0.2, 0.25) is 11.7 Å². The molecule has 0 aliphatic heterocycles. The standard InChI is InChI=1S/C19H17N5O3/c1-13-21-17(23-27-13)12-26-16-7-5-14(6-8-16)19(25)20-10-15-11-24-9-3-2-4-18(24)22-15/h2-9,11H,10,12H2,1H3,(H,20,25). The average molecular weight is 363 g/mol. The normalized spacial score (nSPS) is 10.9. The molecule has 4 aromatic rings. The van der Waals surface area contributed by atoms with Crippen molar-refractivity contribution in [3.05, 3.63) is 77.8 Å². The van der Waals surface area contributed by atoms with Crippen LogP contribution in [0.2, 0.25) is 0 Å². The fourth-order valence-corrected chi connectivity index (χ4v) is 2.60. The van der Waals surface area contributed by atoms with E-state index in [2.05, 4.69) is 20.4 Å². The molecule has 0 spiro atoms. The number of pyridine rings is 1. The molecule has 0 atom stereocenters. The van der Waals surface area contributed by atoms with Crippen LogP contribution >= 0.6 is 0 Å². The van der Waals surface area contributed by atoms with E-state index in [1.165, 1.54) is 0 Å². The summed E-state index contributed by atoms with van der Waals surface area (Å²) in [6.07, 6.45) is 3.81. The third-order valence-electron chi connectivity index (χ3n) is 3.90. The van der Waals surface area contributed by atoms with E-state index >= 15 is 0 Å². The van der Waals surface area contributed by atoms with Gasteiger partial charge in [0.25, 0.3) is 5.91 Å². The molecule has 3 heterocycles. The first-order valence-corrected chi connectivity index (χ1v) is 8.40. The molecule has 8 nitrogen and oxygen atoms in total. The molecule has 0 bridgehead atoms. The minimum atomic E-state index is -0.174. The zero-order chi connectivity index (χ0) is 18.6. The van der Waals surface area contributed by atoms with E-state index in [0.29, 0.717) is 29.6 Å². The van der Waals surface area contributed by atoms with E-state index in [-0.39, 0.29) is 12.5 Å². The summed E-state index contributed by atoms with van der Waals surface area (Å²) in [5, 5.41) is 6.63. The Morgan fingerprint density at radius 2 is 2.04 bits per heavy atom. The van der Waals surface area contributed by atoms with Crippen LogP contribution < -0.4 is 10.1 Å². The van der Waals surface area contributed by atoms with Crippen LogP contribution in [0.3, 0.4) is 0 Å². The van der Waals surface area contributed by atoms with E-state index in [0.717, 1.165) is 11.3 Å². The van der Waals surface area contributed by atoms with E-state index in [4.69, 9.17) is 9.26 Å². The second-order valence-electron chi connectivity index (χ2n) is 5.92. The Balaban J connectivity index is 1.33. The molecule has 0 aliphatic carbocycles. The van der Waals surface area contributed by atoms with Crippen molar-refractivity contribution in [2.75, 3.05) is 0 Å². The maximum atomic E-state index is 12.3. The highest BCUT2D eigenvalue weighted by molar-refractivity contribution is 5.94. The van der Waals surface area contributed by atoms with Crippen molar-refractivity contribution in [3.8, 4) is 5.75 Å². The molecule has 0 unspecified atom stereocenters. The van der Waals surface area contributed by atoms with Gasteiger partial charge in [-0.05, 0) is 36.4 Å². The Labute approximate surface area is 154 Å². The van der Waals surface area contributed by atoms with E-state index in [1.807, 2.05) is 35.0 Å². The second-order valence-corrected chi connectivity index (χ2v) is 5.92. The summed E-state index contributed by atoms with van der Waals surface area (Å²) in [6, 6.07) is 12.6. The molecule has 3 aromatic heterocycles. The fourth-order valence-electron chi connectivity index (χ4n) is 2.60. The van der Waals surface area contributed by atoms with Gasteiger partial charge in [-0.1, -0.05) is 11.2 Å². The average Bonchev–Trinajstić information content (AvgIpc) is 3.30. The van der Waals surface area contributed by atoms with Gasteiger partial charge in [-0.15, -0.1) is 0 Å². The molecule has 0 saturated heterocycles. The predicted octanol–water partition coefficient (Wildman–Crippen LogP) is 2.53. The Hall–Kier alpha value is -3.68. The predicted molar refractivity (Wildman–Crippen MR) is 96.2 cm³/mol. The Morgan fingerprint density at radius 1 is 1.19 bits per heavy atom. The van der Waals surface area contributed by atoms with Gasteiger partial charge in [-0.2, -0.15) is 4.98 Å². The Morgan fingerprint density at radius 3 is 2.78 bits per heavy atom. The quantitative estimate of drug-likeness (QED) is 0.566. The van der Waals surface area contributed by atoms with Crippen LogP contribution in [0.1, 0.15) is 27.8 Å². The van der Waals surface area contributed by atoms with E-state index in [1.54, 1.807) is 31.2 Å². The summed E-state index contributed by atoms with van der Waals surface area (Å²) in [7, 11) is 0. The zero-order valence-electron chi connectivity index (χ0n) is 14.6. The zero-order valence-corrected chi connectivity index (χ0v) is 14.6. The molecule has 1 aromatic carbocycles. The first kappa shape index (κ1) is 16.8. The van der Waals surface area contributed by atoms with Crippen LogP contribution in [0.4, 0.5) is 0 Å². The number of aryl methyl sites for hydroxylation is 1. The summed E-state index contributed by atoms with van der Waals surface area (Å²) < 4.78 is 12.4. The van der Waals surface area contributed by atoms with Crippen LogP contribution in [-0.4, -0.2) is 25.4 Å². The number of benzene rings is 1. The smallest absolute Gasteiger partial charge is 0.251 e. The molecule has 136 valence electrons. The number of hydrogen-bond acceptors (Lipinski definition) is 6. The molecule has 0 saturated carbocycles. The van der Waals surface area contributed by atoms with Gasteiger partial charge in [0.05, 0.1) is 12.2 Å². The Bertz CT molecular complexity index is 1040. The number of nitrogens with one attached hydrogen (secondary N) is 1. The summed E-state index contributed by atoms with van der Waals surface area (Å²) in [5.41, 5.74) is 2.19. The number of hydrogen-bond donors (Lipinski definition) is 1. The highest BCUT2D eigenvalue weighted by Crippen LogP contribution is 2.14. The number of carbonyl (C=O) groups excluding carboxylic acids is 1. The molecule has 0 radical (unpaired) electrons. The summed E-state index contributed by atoms with van der Waals surface area (Å²) in [6.45, 7) is 2.28. The van der Waals surface area contributed by atoms with Gasteiger partial charge in [0.1, 0.15) is 11.4 Å². The highest BCUT2D eigenvalue weighted by Gasteiger charge is 2.08. The van der Waals surface area contributed by atoms with Crippen LogP contribution in [0, 0.1) is 6.92 Å². The highest BCUT2D eigenvalue weighted by atomic mass is 16.5. The van der Waals surface area contributed by atoms with Crippen LogP contribution in [0.15, 0.2) is 59.4 Å². The molecule has 27 heavy (non-hydrogen) atoms. The monoisotopic (exact) mass is 363 g/mol. The molecule has 8 heteroatoms. The molecular formula is C19H17N5O3. The molecular weight excluding hydrogens is 346 g/mol. The molecule has 1 amide bonds. The third kappa shape index (κ3) is 3.95. The van der Waals surface area contributed by atoms with Gasteiger partial charge in [0, 0.05) is 24.9 Å². The molecule has 1 N–H and O–H groups in total. The van der Waals surface area contributed by atoms with Crippen LogP contribution in [0.5, 0.6) is 5.75 Å². The van der Waals surface area contributed by atoms with Gasteiger partial charge < -0.3 is 19.0 Å².